The van der Waals surface area contributed by atoms with Gasteiger partial charge in [-0.05, 0) is 87.8 Å². The molecule has 0 bridgehead atoms. The zero-order valence-electron chi connectivity index (χ0n) is 21.5. The highest BCUT2D eigenvalue weighted by atomic mass is 35.5. The van der Waals surface area contributed by atoms with Crippen molar-refractivity contribution >= 4 is 27.5 Å². The number of benzene rings is 2. The quantitative estimate of drug-likeness (QED) is 0.504. The number of amides is 1. The molecule has 0 aromatic heterocycles. The van der Waals surface area contributed by atoms with Crippen LogP contribution in [0.3, 0.4) is 0 Å². The fourth-order valence-electron chi connectivity index (χ4n) is 5.22. The molecular weight excluding hydrogens is 494 g/mol. The Morgan fingerprint density at radius 1 is 1.08 bits per heavy atom. The number of nitrogens with zero attached hydrogens (tertiary/aromatic N) is 1. The van der Waals surface area contributed by atoms with Gasteiger partial charge in [0.2, 0.25) is 15.9 Å². The van der Waals surface area contributed by atoms with Crippen molar-refractivity contribution in [3.8, 4) is 0 Å². The third-order valence-electron chi connectivity index (χ3n) is 7.08. The molecule has 1 heterocycles. The van der Waals surface area contributed by atoms with Crippen molar-refractivity contribution in [1.29, 1.82) is 0 Å². The minimum absolute atomic E-state index is 0.0348. The van der Waals surface area contributed by atoms with Crippen molar-refractivity contribution in [3.63, 3.8) is 0 Å². The number of rotatable bonds is 7. The Morgan fingerprint density at radius 3 is 2.64 bits per heavy atom. The summed E-state index contributed by atoms with van der Waals surface area (Å²) in [5, 5.41) is 7.14. The molecule has 0 spiro atoms. The topological polar surface area (TPSA) is 78.5 Å². The predicted molar refractivity (Wildman–Crippen MR) is 144 cm³/mol. The van der Waals surface area contributed by atoms with Gasteiger partial charge in [-0.1, -0.05) is 42.3 Å². The highest BCUT2D eigenvalue weighted by molar-refractivity contribution is 7.89. The summed E-state index contributed by atoms with van der Waals surface area (Å²) in [4.78, 5) is 13.3. The van der Waals surface area contributed by atoms with Gasteiger partial charge in [-0.3, -0.25) is 4.79 Å². The molecular formula is C28H38ClN3O3S. The number of piperidine rings is 1. The van der Waals surface area contributed by atoms with E-state index < -0.39 is 10.0 Å². The zero-order chi connectivity index (χ0) is 25.9. The van der Waals surface area contributed by atoms with E-state index in [1.807, 2.05) is 0 Å². The van der Waals surface area contributed by atoms with Gasteiger partial charge < -0.3 is 10.6 Å². The standard InChI is InChI=1S/C28H38ClN3O3S/c1-28(2,3)30-19-20-13-14-25-21(16-20)8-6-12-26(25)31-27(33)18-23-10-4-5-15-32(23)36(34,35)24-11-7-9-22(29)17-24/h7,9,11,13-14,16-17,23,26,30H,4-6,8,10,12,15,18-19H2,1-3H3,(H,31,33)/t23-,26+/m0/s1. The largest absolute Gasteiger partial charge is 0.349 e. The molecule has 2 aromatic carbocycles. The second-order valence-corrected chi connectivity index (χ2v) is 13.4. The van der Waals surface area contributed by atoms with E-state index in [2.05, 4.69) is 49.6 Å². The molecule has 196 valence electrons. The van der Waals surface area contributed by atoms with Crippen LogP contribution in [0.15, 0.2) is 47.4 Å². The first-order chi connectivity index (χ1) is 17.0. The van der Waals surface area contributed by atoms with Crippen LogP contribution in [0.1, 0.15) is 82.0 Å². The Kier molecular flexibility index (Phi) is 8.45. The first-order valence-electron chi connectivity index (χ1n) is 13.0. The molecule has 1 aliphatic carbocycles. The number of hydrogen-bond acceptors (Lipinski definition) is 4. The highest BCUT2D eigenvalue weighted by Gasteiger charge is 2.35. The number of nitrogens with one attached hydrogen (secondary N) is 2. The van der Waals surface area contributed by atoms with E-state index in [1.165, 1.54) is 27.1 Å². The van der Waals surface area contributed by atoms with Crippen LogP contribution in [0.4, 0.5) is 0 Å². The van der Waals surface area contributed by atoms with Crippen molar-refractivity contribution in [1.82, 2.24) is 14.9 Å². The lowest BCUT2D eigenvalue weighted by Gasteiger charge is -2.35. The van der Waals surface area contributed by atoms with E-state index in [4.69, 9.17) is 11.6 Å². The summed E-state index contributed by atoms with van der Waals surface area (Å²) in [6, 6.07) is 12.5. The molecule has 6 nitrogen and oxygen atoms in total. The molecule has 2 N–H and O–H groups in total. The van der Waals surface area contributed by atoms with Gasteiger partial charge in [-0.2, -0.15) is 4.31 Å². The van der Waals surface area contributed by atoms with Gasteiger partial charge in [0.15, 0.2) is 0 Å². The van der Waals surface area contributed by atoms with Crippen LogP contribution < -0.4 is 10.6 Å². The summed E-state index contributed by atoms with van der Waals surface area (Å²) in [5.41, 5.74) is 3.78. The fraction of sp³-hybridized carbons (Fsp3) is 0.536. The first kappa shape index (κ1) is 27.1. The third-order valence-corrected chi connectivity index (χ3v) is 9.26. The summed E-state index contributed by atoms with van der Waals surface area (Å²) < 4.78 is 28.2. The van der Waals surface area contributed by atoms with Gasteiger partial charge in [-0.15, -0.1) is 0 Å². The van der Waals surface area contributed by atoms with Crippen LogP contribution in [0.2, 0.25) is 5.02 Å². The number of aryl methyl sites for hydroxylation is 1. The van der Waals surface area contributed by atoms with E-state index in [0.29, 0.717) is 18.0 Å². The molecule has 2 aliphatic rings. The SMILES string of the molecule is CC(C)(C)NCc1ccc2c(c1)CCC[C@H]2NC(=O)C[C@@H]1CCCCN1S(=O)(=O)c1cccc(Cl)c1. The molecule has 1 amide bonds. The Labute approximate surface area is 220 Å². The summed E-state index contributed by atoms with van der Waals surface area (Å²) in [6.07, 6.45) is 5.48. The van der Waals surface area contributed by atoms with E-state index >= 15 is 0 Å². The number of halogens is 1. The lowest BCUT2D eigenvalue weighted by atomic mass is 9.86. The van der Waals surface area contributed by atoms with Gasteiger partial charge in [0, 0.05) is 36.1 Å². The molecule has 8 heteroatoms. The number of carbonyl (C=O) groups is 1. The monoisotopic (exact) mass is 531 g/mol. The van der Waals surface area contributed by atoms with Crippen LogP contribution in [0.25, 0.3) is 0 Å². The molecule has 1 fully saturated rings. The van der Waals surface area contributed by atoms with Crippen molar-refractivity contribution in [2.24, 2.45) is 0 Å². The van der Waals surface area contributed by atoms with Gasteiger partial charge >= 0.3 is 0 Å². The van der Waals surface area contributed by atoms with Gasteiger partial charge in [0.25, 0.3) is 0 Å². The van der Waals surface area contributed by atoms with E-state index in [0.717, 1.165) is 38.6 Å². The molecule has 0 radical (unpaired) electrons. The smallest absolute Gasteiger partial charge is 0.243 e. The Balaban J connectivity index is 1.44. The van der Waals surface area contributed by atoms with Crippen molar-refractivity contribution in [2.75, 3.05) is 6.54 Å². The van der Waals surface area contributed by atoms with E-state index in [9.17, 15) is 13.2 Å². The third kappa shape index (κ3) is 6.68. The first-order valence-corrected chi connectivity index (χ1v) is 14.8. The summed E-state index contributed by atoms with van der Waals surface area (Å²) in [7, 11) is -3.72. The Hall–Kier alpha value is -1.93. The van der Waals surface area contributed by atoms with Gasteiger partial charge in [-0.25, -0.2) is 8.42 Å². The minimum atomic E-state index is -3.72. The minimum Gasteiger partial charge on any atom is -0.349 e. The number of fused-ring (bicyclic) bond motifs is 1. The van der Waals surface area contributed by atoms with E-state index in [1.54, 1.807) is 18.2 Å². The fourth-order valence-corrected chi connectivity index (χ4v) is 7.21. The van der Waals surface area contributed by atoms with E-state index in [-0.39, 0.29) is 34.8 Å². The average molecular weight is 532 g/mol. The van der Waals surface area contributed by atoms with Crippen LogP contribution in [-0.4, -0.2) is 36.8 Å². The summed E-state index contributed by atoms with van der Waals surface area (Å²) >= 11 is 6.06. The molecule has 2 aromatic rings. The van der Waals surface area contributed by atoms with Gasteiger partial charge in [0.05, 0.1) is 10.9 Å². The lowest BCUT2D eigenvalue weighted by Crippen LogP contribution is -2.46. The molecule has 1 aliphatic heterocycles. The van der Waals surface area contributed by atoms with Crippen molar-refractivity contribution < 1.29 is 13.2 Å². The summed E-state index contributed by atoms with van der Waals surface area (Å²) in [5.74, 6) is -0.0930. The van der Waals surface area contributed by atoms with Gasteiger partial charge in [0.1, 0.15) is 0 Å². The maximum atomic E-state index is 13.4. The summed E-state index contributed by atoms with van der Waals surface area (Å²) in [6.45, 7) is 7.71. The normalized spacial score (nSPS) is 21.1. The molecule has 36 heavy (non-hydrogen) atoms. The average Bonchev–Trinajstić information content (AvgIpc) is 2.82. The van der Waals surface area contributed by atoms with Crippen LogP contribution in [-0.2, 0) is 27.8 Å². The van der Waals surface area contributed by atoms with Crippen molar-refractivity contribution in [3.05, 3.63) is 64.2 Å². The lowest BCUT2D eigenvalue weighted by molar-refractivity contribution is -0.123. The maximum Gasteiger partial charge on any atom is 0.243 e. The molecule has 2 atom stereocenters. The second kappa shape index (κ2) is 11.2. The maximum absolute atomic E-state index is 13.4. The number of hydrogen-bond donors (Lipinski definition) is 2. The number of carbonyl (C=O) groups excluding carboxylic acids is 1. The zero-order valence-corrected chi connectivity index (χ0v) is 23.1. The predicted octanol–water partition coefficient (Wildman–Crippen LogP) is 5.36. The number of sulfonamides is 1. The molecule has 0 unspecified atom stereocenters. The molecule has 4 rings (SSSR count). The molecule has 1 saturated heterocycles. The van der Waals surface area contributed by atoms with Crippen molar-refractivity contribution in [2.45, 2.75) is 94.8 Å². The van der Waals surface area contributed by atoms with Crippen LogP contribution in [0.5, 0.6) is 0 Å². The Morgan fingerprint density at radius 2 is 1.89 bits per heavy atom. The molecule has 0 saturated carbocycles. The second-order valence-electron chi connectivity index (χ2n) is 11.1. The van der Waals surface area contributed by atoms with Crippen LogP contribution >= 0.6 is 11.6 Å². The Bertz CT molecular complexity index is 1190. The highest BCUT2D eigenvalue weighted by Crippen LogP contribution is 2.32. The van der Waals surface area contributed by atoms with Crippen LogP contribution in [0, 0.1) is 0 Å².